The highest BCUT2D eigenvalue weighted by molar-refractivity contribution is 14.0. The highest BCUT2D eigenvalue weighted by atomic mass is 127. The number of benzene rings is 1. The van der Waals surface area contributed by atoms with Gasteiger partial charge in [-0.25, -0.2) is 0 Å². The fourth-order valence-corrected chi connectivity index (χ4v) is 3.47. The first kappa shape index (κ1) is 22.2. The average Bonchev–Trinajstić information content (AvgIpc) is 3.23. The van der Waals surface area contributed by atoms with Crippen molar-refractivity contribution in [3.05, 3.63) is 30.3 Å². The van der Waals surface area contributed by atoms with Crippen molar-refractivity contribution in [2.45, 2.75) is 38.4 Å². The number of nitrogens with one attached hydrogen (secondary N) is 2. The van der Waals surface area contributed by atoms with Gasteiger partial charge >= 0.3 is 0 Å². The number of anilines is 1. The Morgan fingerprint density at radius 2 is 2.00 bits per heavy atom. The fraction of sp³-hybridized carbons (Fsp3) is 0.650. The first-order valence-corrected chi connectivity index (χ1v) is 9.92. The Kier molecular flexibility index (Phi) is 10.2. The number of morpholine rings is 1. The summed E-state index contributed by atoms with van der Waals surface area (Å²) >= 11 is 0. The van der Waals surface area contributed by atoms with Crippen LogP contribution in [0.5, 0.6) is 0 Å². The van der Waals surface area contributed by atoms with Crippen LogP contribution in [0.1, 0.15) is 26.2 Å². The normalized spacial score (nSPS) is 23.0. The molecule has 2 heterocycles. The first-order valence-electron chi connectivity index (χ1n) is 9.92. The van der Waals surface area contributed by atoms with Crippen molar-refractivity contribution in [1.82, 2.24) is 10.2 Å². The van der Waals surface area contributed by atoms with E-state index in [0.717, 1.165) is 76.8 Å². The summed E-state index contributed by atoms with van der Waals surface area (Å²) in [5, 5.41) is 6.87. The number of guanidine groups is 1. The molecule has 2 saturated heterocycles. The van der Waals surface area contributed by atoms with Crippen molar-refractivity contribution in [3.8, 4) is 0 Å². The van der Waals surface area contributed by atoms with Gasteiger partial charge in [0, 0.05) is 45.0 Å². The van der Waals surface area contributed by atoms with Gasteiger partial charge in [-0.05, 0) is 38.3 Å². The number of para-hydroxylation sites is 1. The van der Waals surface area contributed by atoms with Crippen LogP contribution in [-0.2, 0) is 9.47 Å². The fourth-order valence-electron chi connectivity index (χ4n) is 3.47. The molecule has 6 nitrogen and oxygen atoms in total. The van der Waals surface area contributed by atoms with Crippen LogP contribution < -0.4 is 10.6 Å². The lowest BCUT2D eigenvalue weighted by Gasteiger charge is -2.37. The molecule has 7 heteroatoms. The number of aliphatic imine (C=N–C) groups is 1. The largest absolute Gasteiger partial charge is 0.385 e. The van der Waals surface area contributed by atoms with Crippen LogP contribution in [0, 0.1) is 0 Å². The van der Waals surface area contributed by atoms with Crippen molar-refractivity contribution in [3.63, 3.8) is 0 Å². The molecule has 2 unspecified atom stereocenters. The predicted molar refractivity (Wildman–Crippen MR) is 121 cm³/mol. The minimum Gasteiger partial charge on any atom is -0.385 e. The van der Waals surface area contributed by atoms with E-state index in [0.29, 0.717) is 0 Å². The Bertz CT molecular complexity index is 552. The number of nitrogens with zero attached hydrogens (tertiary/aromatic N) is 2. The Morgan fingerprint density at radius 1 is 1.19 bits per heavy atom. The van der Waals surface area contributed by atoms with Crippen molar-refractivity contribution < 1.29 is 9.47 Å². The van der Waals surface area contributed by atoms with Gasteiger partial charge < -0.3 is 25.0 Å². The lowest BCUT2D eigenvalue weighted by Crippen LogP contribution is -2.53. The van der Waals surface area contributed by atoms with Gasteiger partial charge in [0.25, 0.3) is 0 Å². The molecule has 2 fully saturated rings. The van der Waals surface area contributed by atoms with E-state index in [-0.39, 0.29) is 36.2 Å². The molecule has 0 aliphatic carbocycles. The van der Waals surface area contributed by atoms with E-state index in [2.05, 4.69) is 34.6 Å². The molecule has 1 aromatic carbocycles. The van der Waals surface area contributed by atoms with Gasteiger partial charge in [-0.15, -0.1) is 24.0 Å². The van der Waals surface area contributed by atoms with Crippen molar-refractivity contribution in [2.24, 2.45) is 4.99 Å². The molecule has 0 radical (unpaired) electrons. The summed E-state index contributed by atoms with van der Waals surface area (Å²) in [6.45, 7) is 8.08. The molecule has 27 heavy (non-hydrogen) atoms. The average molecular weight is 488 g/mol. The predicted octanol–water partition coefficient (Wildman–Crippen LogP) is 2.95. The molecule has 2 aliphatic heterocycles. The summed E-state index contributed by atoms with van der Waals surface area (Å²) in [6.07, 6.45) is 3.67. The molecule has 0 spiro atoms. The first-order chi connectivity index (χ1) is 12.9. The van der Waals surface area contributed by atoms with Crippen molar-refractivity contribution in [2.75, 3.05) is 51.3 Å². The Labute approximate surface area is 180 Å². The molecule has 152 valence electrons. The van der Waals surface area contributed by atoms with E-state index in [1.165, 1.54) is 0 Å². The third-order valence-corrected chi connectivity index (χ3v) is 4.81. The number of hydrogen-bond acceptors (Lipinski definition) is 4. The minimum atomic E-state index is 0. The summed E-state index contributed by atoms with van der Waals surface area (Å²) in [4.78, 5) is 7.15. The Balaban J connectivity index is 0.00000261. The molecule has 2 atom stereocenters. The van der Waals surface area contributed by atoms with Crippen LogP contribution in [0.3, 0.4) is 0 Å². The van der Waals surface area contributed by atoms with Gasteiger partial charge in [-0.3, -0.25) is 4.99 Å². The monoisotopic (exact) mass is 488 g/mol. The van der Waals surface area contributed by atoms with E-state index < -0.39 is 0 Å². The molecule has 0 bridgehead atoms. The summed E-state index contributed by atoms with van der Waals surface area (Å²) in [5.74, 6) is 0.999. The highest BCUT2D eigenvalue weighted by Gasteiger charge is 2.32. The van der Waals surface area contributed by atoms with Crippen LogP contribution in [0.25, 0.3) is 0 Å². The Morgan fingerprint density at radius 3 is 2.74 bits per heavy atom. The van der Waals surface area contributed by atoms with E-state index in [1.54, 1.807) is 0 Å². The Hall–Kier alpha value is -1.06. The van der Waals surface area contributed by atoms with Gasteiger partial charge in [0.05, 0.1) is 12.7 Å². The van der Waals surface area contributed by atoms with E-state index in [9.17, 15) is 0 Å². The molecular weight excluding hydrogens is 455 g/mol. The van der Waals surface area contributed by atoms with E-state index in [1.807, 2.05) is 18.2 Å². The van der Waals surface area contributed by atoms with E-state index >= 15 is 0 Å². The second-order valence-corrected chi connectivity index (χ2v) is 6.79. The summed E-state index contributed by atoms with van der Waals surface area (Å²) < 4.78 is 11.8. The topological polar surface area (TPSA) is 58.1 Å². The van der Waals surface area contributed by atoms with Crippen LogP contribution in [0.15, 0.2) is 35.3 Å². The number of rotatable bonds is 7. The molecular formula is C20H33IN4O2. The van der Waals surface area contributed by atoms with Crippen LogP contribution in [-0.4, -0.2) is 69.0 Å². The summed E-state index contributed by atoms with van der Waals surface area (Å²) in [7, 11) is 0. The zero-order valence-electron chi connectivity index (χ0n) is 16.2. The van der Waals surface area contributed by atoms with Crippen LogP contribution >= 0.6 is 24.0 Å². The molecule has 1 aromatic rings. The van der Waals surface area contributed by atoms with Crippen LogP contribution in [0.2, 0.25) is 0 Å². The summed E-state index contributed by atoms with van der Waals surface area (Å²) in [6, 6.07) is 10.3. The molecule has 2 aliphatic rings. The molecule has 0 saturated carbocycles. The standard InChI is InChI=1S/C20H32N4O2.HI/c1-2-21-20(23-12-7-11-22-17-8-4-3-5-9-17)24-13-15-26-19(16-24)18-10-6-14-25-18;/h3-5,8-9,18-19,22H,2,6-7,10-16H2,1H3,(H,21,23);1H. The quantitative estimate of drug-likeness (QED) is 0.268. The lowest BCUT2D eigenvalue weighted by atomic mass is 10.1. The zero-order valence-corrected chi connectivity index (χ0v) is 18.6. The number of ether oxygens (including phenoxy) is 2. The van der Waals surface area contributed by atoms with Crippen molar-refractivity contribution in [1.29, 1.82) is 0 Å². The molecule has 0 amide bonds. The minimum absolute atomic E-state index is 0. The lowest BCUT2D eigenvalue weighted by molar-refractivity contribution is -0.0817. The van der Waals surface area contributed by atoms with Gasteiger partial charge in [0.1, 0.15) is 6.10 Å². The second-order valence-electron chi connectivity index (χ2n) is 6.79. The maximum Gasteiger partial charge on any atom is 0.194 e. The zero-order chi connectivity index (χ0) is 18.0. The summed E-state index contributed by atoms with van der Waals surface area (Å²) in [5.41, 5.74) is 1.16. The third kappa shape index (κ3) is 7.12. The highest BCUT2D eigenvalue weighted by Crippen LogP contribution is 2.21. The maximum atomic E-state index is 5.95. The van der Waals surface area contributed by atoms with Gasteiger partial charge in [0.15, 0.2) is 5.96 Å². The molecule has 3 rings (SSSR count). The maximum absolute atomic E-state index is 5.95. The third-order valence-electron chi connectivity index (χ3n) is 4.81. The van der Waals surface area contributed by atoms with Crippen molar-refractivity contribution >= 4 is 35.6 Å². The van der Waals surface area contributed by atoms with Gasteiger partial charge in [-0.1, -0.05) is 18.2 Å². The van der Waals surface area contributed by atoms with E-state index in [4.69, 9.17) is 14.5 Å². The number of halogens is 1. The SMILES string of the molecule is CCNC(=NCCCNc1ccccc1)N1CCOC(C2CCCO2)C1.I. The van der Waals surface area contributed by atoms with Crippen LogP contribution in [0.4, 0.5) is 5.69 Å². The number of hydrogen-bond donors (Lipinski definition) is 2. The van der Waals surface area contributed by atoms with Gasteiger partial charge in [-0.2, -0.15) is 0 Å². The van der Waals surface area contributed by atoms with Gasteiger partial charge in [0.2, 0.25) is 0 Å². The molecule has 2 N–H and O–H groups in total. The molecule has 0 aromatic heterocycles. The second kappa shape index (κ2) is 12.4. The smallest absolute Gasteiger partial charge is 0.194 e.